The summed E-state index contributed by atoms with van der Waals surface area (Å²) in [6, 6.07) is 8.41. The van der Waals surface area contributed by atoms with Crippen LogP contribution >= 0.6 is 0 Å². The van der Waals surface area contributed by atoms with E-state index in [2.05, 4.69) is 42.6 Å². The van der Waals surface area contributed by atoms with Crippen LogP contribution in [0, 0.1) is 0 Å². The molecule has 0 saturated carbocycles. The molecule has 0 spiro atoms. The number of rotatable bonds is 10. The minimum atomic E-state index is -0.228. The second-order valence-corrected chi connectivity index (χ2v) is 7.54. The van der Waals surface area contributed by atoms with Gasteiger partial charge < -0.3 is 14.8 Å². The van der Waals surface area contributed by atoms with E-state index in [9.17, 15) is 4.79 Å². The third-order valence-electron chi connectivity index (χ3n) is 5.35. The lowest BCUT2D eigenvalue weighted by Crippen LogP contribution is -2.32. The Morgan fingerprint density at radius 3 is 2.86 bits per heavy atom. The molecule has 2 aliphatic rings. The molecule has 3 rings (SSSR count). The maximum absolute atomic E-state index is 11.4. The molecule has 0 aromatic heterocycles. The number of esters is 1. The summed E-state index contributed by atoms with van der Waals surface area (Å²) in [5.74, 6) is 0.881. The largest absolute Gasteiger partial charge is 0.491 e. The second-order valence-electron chi connectivity index (χ2n) is 7.54. The van der Waals surface area contributed by atoms with E-state index < -0.39 is 0 Å². The summed E-state index contributed by atoms with van der Waals surface area (Å²) in [4.78, 5) is 11.4. The van der Waals surface area contributed by atoms with E-state index >= 15 is 0 Å². The number of unbranched alkanes of at least 4 members (excludes halogenated alkanes) is 2. The van der Waals surface area contributed by atoms with E-state index in [0.29, 0.717) is 13.2 Å². The molecule has 0 amide bonds. The average molecular weight is 394 g/mol. The fourth-order valence-electron chi connectivity index (χ4n) is 3.80. The van der Waals surface area contributed by atoms with Gasteiger partial charge in [-0.3, -0.25) is 4.79 Å². The van der Waals surface area contributed by atoms with Gasteiger partial charge in [-0.2, -0.15) is 0 Å². The number of benzene rings is 1. The number of ether oxygens (including phenoxy) is 2. The first-order valence-electron chi connectivity index (χ1n) is 10.5. The van der Waals surface area contributed by atoms with E-state index in [1.54, 1.807) is 0 Å². The Kier molecular flexibility index (Phi) is 7.74. The zero-order chi connectivity index (χ0) is 20.5. The summed E-state index contributed by atoms with van der Waals surface area (Å²) in [7, 11) is 0. The fraction of sp³-hybridized carbons (Fsp3) is 0.400. The Morgan fingerprint density at radius 1 is 1.17 bits per heavy atom. The van der Waals surface area contributed by atoms with Crippen LogP contribution in [0.25, 0.3) is 0 Å². The van der Waals surface area contributed by atoms with Gasteiger partial charge in [0.15, 0.2) is 0 Å². The lowest BCUT2D eigenvalue weighted by Gasteiger charge is -2.27. The van der Waals surface area contributed by atoms with Gasteiger partial charge >= 0.3 is 5.97 Å². The molecule has 1 aliphatic carbocycles. The molecule has 1 aromatic rings. The van der Waals surface area contributed by atoms with Crippen LogP contribution in [0.2, 0.25) is 0 Å². The molecule has 0 saturated heterocycles. The van der Waals surface area contributed by atoms with Crippen molar-refractivity contribution in [2.45, 2.75) is 58.1 Å². The zero-order valence-corrected chi connectivity index (χ0v) is 17.4. The lowest BCUT2D eigenvalue weighted by atomic mass is 9.90. The maximum atomic E-state index is 11.4. The lowest BCUT2D eigenvalue weighted by molar-refractivity contribution is -0.141. The number of hydrogen-bond donors (Lipinski definition) is 1. The third kappa shape index (κ3) is 5.86. The molecule has 1 heterocycles. The highest BCUT2D eigenvalue weighted by molar-refractivity contribution is 5.66. The molecular weight excluding hydrogens is 362 g/mol. The summed E-state index contributed by atoms with van der Waals surface area (Å²) >= 11 is 0. The van der Waals surface area contributed by atoms with Crippen molar-refractivity contribution in [2.75, 3.05) is 6.61 Å². The molecule has 1 aliphatic heterocycles. The Bertz CT molecular complexity index is 819. The molecule has 4 heteroatoms. The number of allylic oxidation sites excluding steroid dienone is 4. The highest BCUT2D eigenvalue weighted by atomic mass is 16.5. The normalized spacial score (nSPS) is 18.2. The highest BCUT2D eigenvalue weighted by Crippen LogP contribution is 2.29. The minimum Gasteiger partial charge on any atom is -0.491 e. The molecule has 1 aromatic carbocycles. The standard InChI is InChI=1S/C25H31NO3/c1-3-4-5-10-21(17-28-19(2)27)23-14-7-6-11-22(23)18-29-24-15-8-12-20-13-9-16-26-25(20)24/h6-9,11-16,21,25-26H,3-5,10,17-18H2,1-2H3. The summed E-state index contributed by atoms with van der Waals surface area (Å²) < 4.78 is 11.6. The van der Waals surface area contributed by atoms with Crippen molar-refractivity contribution >= 4 is 5.97 Å². The molecule has 154 valence electrons. The van der Waals surface area contributed by atoms with Crippen molar-refractivity contribution in [2.24, 2.45) is 0 Å². The van der Waals surface area contributed by atoms with E-state index in [1.165, 1.54) is 30.9 Å². The Morgan fingerprint density at radius 2 is 2.03 bits per heavy atom. The number of hydrogen-bond acceptors (Lipinski definition) is 4. The van der Waals surface area contributed by atoms with Gasteiger partial charge in [0.2, 0.25) is 0 Å². The molecule has 0 bridgehead atoms. The molecular formula is C25H31NO3. The Labute approximate surface area is 174 Å². The van der Waals surface area contributed by atoms with Crippen LogP contribution in [-0.4, -0.2) is 18.6 Å². The first-order chi connectivity index (χ1) is 14.2. The number of fused-ring (bicyclic) bond motifs is 1. The van der Waals surface area contributed by atoms with Crippen LogP contribution in [0.5, 0.6) is 0 Å². The Balaban J connectivity index is 1.71. The number of dihydropyridines is 1. The molecule has 2 atom stereocenters. The summed E-state index contributed by atoms with van der Waals surface area (Å²) in [6.07, 6.45) is 16.7. The third-order valence-corrected chi connectivity index (χ3v) is 5.35. The van der Waals surface area contributed by atoms with Gasteiger partial charge in [-0.05, 0) is 41.5 Å². The van der Waals surface area contributed by atoms with Crippen LogP contribution in [0.15, 0.2) is 72.2 Å². The summed E-state index contributed by atoms with van der Waals surface area (Å²) in [5.41, 5.74) is 3.56. The molecule has 0 fully saturated rings. The van der Waals surface area contributed by atoms with Gasteiger partial charge in [-0.25, -0.2) is 0 Å². The van der Waals surface area contributed by atoms with Gasteiger partial charge in [-0.15, -0.1) is 0 Å². The summed E-state index contributed by atoms with van der Waals surface area (Å²) in [6.45, 7) is 4.59. The van der Waals surface area contributed by atoms with E-state index in [0.717, 1.165) is 24.2 Å². The highest BCUT2D eigenvalue weighted by Gasteiger charge is 2.22. The fourth-order valence-corrected chi connectivity index (χ4v) is 3.80. The molecule has 29 heavy (non-hydrogen) atoms. The van der Waals surface area contributed by atoms with E-state index in [4.69, 9.17) is 9.47 Å². The Hall–Kier alpha value is -2.75. The smallest absolute Gasteiger partial charge is 0.302 e. The monoisotopic (exact) mass is 393 g/mol. The zero-order valence-electron chi connectivity index (χ0n) is 17.4. The van der Waals surface area contributed by atoms with Gasteiger partial charge in [0, 0.05) is 12.8 Å². The van der Waals surface area contributed by atoms with Crippen LogP contribution in [0.1, 0.15) is 56.6 Å². The van der Waals surface area contributed by atoms with E-state index in [-0.39, 0.29) is 17.9 Å². The molecule has 1 N–H and O–H groups in total. The minimum absolute atomic E-state index is 0.0681. The van der Waals surface area contributed by atoms with Gasteiger partial charge in [0.1, 0.15) is 18.4 Å². The predicted molar refractivity (Wildman–Crippen MR) is 116 cm³/mol. The number of nitrogens with one attached hydrogen (secondary N) is 1. The van der Waals surface area contributed by atoms with Crippen molar-refractivity contribution in [1.29, 1.82) is 0 Å². The van der Waals surface area contributed by atoms with Gasteiger partial charge in [-0.1, -0.05) is 68.7 Å². The van der Waals surface area contributed by atoms with Crippen molar-refractivity contribution in [3.8, 4) is 0 Å². The van der Waals surface area contributed by atoms with Crippen LogP contribution in [-0.2, 0) is 20.9 Å². The first-order valence-corrected chi connectivity index (χ1v) is 10.5. The maximum Gasteiger partial charge on any atom is 0.302 e. The van der Waals surface area contributed by atoms with Gasteiger partial charge in [0.05, 0.1) is 6.61 Å². The average Bonchev–Trinajstić information content (AvgIpc) is 2.75. The van der Waals surface area contributed by atoms with Crippen LogP contribution < -0.4 is 5.32 Å². The number of carbonyl (C=O) groups is 1. The topological polar surface area (TPSA) is 47.6 Å². The van der Waals surface area contributed by atoms with Crippen LogP contribution in [0.3, 0.4) is 0 Å². The van der Waals surface area contributed by atoms with Crippen molar-refractivity contribution in [1.82, 2.24) is 5.32 Å². The molecule has 4 nitrogen and oxygen atoms in total. The molecule has 0 radical (unpaired) electrons. The first kappa shape index (κ1) is 21.0. The van der Waals surface area contributed by atoms with Crippen molar-refractivity contribution < 1.29 is 14.3 Å². The van der Waals surface area contributed by atoms with Crippen molar-refractivity contribution in [3.05, 3.63) is 83.3 Å². The quantitative estimate of drug-likeness (QED) is 0.433. The van der Waals surface area contributed by atoms with Crippen LogP contribution in [0.4, 0.5) is 0 Å². The van der Waals surface area contributed by atoms with E-state index in [1.807, 2.05) is 30.5 Å². The predicted octanol–water partition coefficient (Wildman–Crippen LogP) is 5.30. The number of carbonyl (C=O) groups excluding carboxylic acids is 1. The van der Waals surface area contributed by atoms with Gasteiger partial charge in [0.25, 0.3) is 0 Å². The summed E-state index contributed by atoms with van der Waals surface area (Å²) in [5, 5.41) is 3.36. The van der Waals surface area contributed by atoms with Crippen molar-refractivity contribution in [3.63, 3.8) is 0 Å². The molecule has 2 unspecified atom stereocenters. The second kappa shape index (κ2) is 10.7. The SMILES string of the molecule is CCCCCC(COC(C)=O)c1ccccc1COC1=CC=CC2=CC=CNC21.